The number of amides is 3. The third-order valence-corrected chi connectivity index (χ3v) is 4.71. The summed E-state index contributed by atoms with van der Waals surface area (Å²) in [5, 5.41) is 5.62. The van der Waals surface area contributed by atoms with Gasteiger partial charge in [-0.05, 0) is 24.3 Å². The first-order valence-corrected chi connectivity index (χ1v) is 8.98. The van der Waals surface area contributed by atoms with Crippen LogP contribution in [0, 0.1) is 11.8 Å². The van der Waals surface area contributed by atoms with Crippen molar-refractivity contribution in [3.8, 4) is 0 Å². The molecule has 2 aliphatic rings. The summed E-state index contributed by atoms with van der Waals surface area (Å²) in [7, 11) is 0. The van der Waals surface area contributed by atoms with Gasteiger partial charge in [0.25, 0.3) is 0 Å². The quantitative estimate of drug-likeness (QED) is 0.683. The third-order valence-electron chi connectivity index (χ3n) is 4.71. The molecular weight excluding hydrogens is 318 g/mol. The van der Waals surface area contributed by atoms with E-state index in [4.69, 9.17) is 0 Å². The highest BCUT2D eigenvalue weighted by Gasteiger charge is 2.36. The summed E-state index contributed by atoms with van der Waals surface area (Å²) in [6.45, 7) is 2.11. The van der Waals surface area contributed by atoms with E-state index in [9.17, 15) is 14.4 Å². The van der Waals surface area contributed by atoms with Gasteiger partial charge >= 0.3 is 0 Å². The molecule has 1 heterocycles. The Labute approximate surface area is 148 Å². The number of hydrogen-bond acceptors (Lipinski definition) is 3. The van der Waals surface area contributed by atoms with Gasteiger partial charge in [0.1, 0.15) is 0 Å². The van der Waals surface area contributed by atoms with Crippen molar-refractivity contribution in [3.05, 3.63) is 35.9 Å². The Morgan fingerprint density at radius 2 is 1.80 bits per heavy atom. The molecule has 2 N–H and O–H groups in total. The number of benzene rings is 1. The lowest BCUT2D eigenvalue weighted by Crippen LogP contribution is -2.38. The number of carbonyl (C=O) groups excluding carboxylic acids is 3. The smallest absolute Gasteiger partial charge is 0.225 e. The maximum absolute atomic E-state index is 12.2. The van der Waals surface area contributed by atoms with Gasteiger partial charge in [0, 0.05) is 32.6 Å². The average Bonchev–Trinajstić information content (AvgIpc) is 3.34. The zero-order valence-corrected chi connectivity index (χ0v) is 14.4. The highest BCUT2D eigenvalue weighted by molar-refractivity contribution is 5.89. The summed E-state index contributed by atoms with van der Waals surface area (Å²) in [5.41, 5.74) is 0.962. The van der Waals surface area contributed by atoms with Gasteiger partial charge in [0.2, 0.25) is 17.7 Å². The van der Waals surface area contributed by atoms with Crippen molar-refractivity contribution in [2.75, 3.05) is 26.2 Å². The van der Waals surface area contributed by atoms with Crippen LogP contribution in [0.5, 0.6) is 0 Å². The summed E-state index contributed by atoms with van der Waals surface area (Å²) in [5.74, 6) is 0.316. The van der Waals surface area contributed by atoms with Gasteiger partial charge in [-0.2, -0.15) is 0 Å². The maximum atomic E-state index is 12.2. The molecule has 1 aromatic carbocycles. The molecule has 3 rings (SSSR count). The number of hydrogen-bond donors (Lipinski definition) is 2. The Balaban J connectivity index is 1.31. The molecule has 6 heteroatoms. The van der Waals surface area contributed by atoms with Gasteiger partial charge in [-0.25, -0.2) is 0 Å². The lowest BCUT2D eigenvalue weighted by atomic mass is 10.1. The second kappa shape index (κ2) is 8.14. The molecule has 1 atom stereocenters. The molecule has 25 heavy (non-hydrogen) atoms. The first-order chi connectivity index (χ1) is 12.1. The Kier molecular flexibility index (Phi) is 5.68. The molecule has 0 spiro atoms. The predicted molar refractivity (Wildman–Crippen MR) is 93.6 cm³/mol. The van der Waals surface area contributed by atoms with E-state index in [1.54, 1.807) is 0 Å². The molecule has 0 bridgehead atoms. The molecule has 1 aromatic rings. The fourth-order valence-corrected chi connectivity index (χ4v) is 3.11. The van der Waals surface area contributed by atoms with Gasteiger partial charge in [-0.15, -0.1) is 0 Å². The Bertz CT molecular complexity index is 628. The summed E-state index contributed by atoms with van der Waals surface area (Å²) in [4.78, 5) is 37.8. The van der Waals surface area contributed by atoms with Crippen LogP contribution in [0.4, 0.5) is 0 Å². The molecular formula is C19H25N3O3. The Morgan fingerprint density at radius 1 is 1.08 bits per heavy atom. The molecule has 1 saturated heterocycles. The minimum Gasteiger partial charge on any atom is -0.354 e. The van der Waals surface area contributed by atoms with Crippen molar-refractivity contribution < 1.29 is 14.4 Å². The monoisotopic (exact) mass is 343 g/mol. The zero-order valence-electron chi connectivity index (χ0n) is 14.4. The van der Waals surface area contributed by atoms with Crippen molar-refractivity contribution in [3.63, 3.8) is 0 Å². The van der Waals surface area contributed by atoms with E-state index in [2.05, 4.69) is 10.6 Å². The first kappa shape index (κ1) is 17.5. The van der Waals surface area contributed by atoms with E-state index in [0.29, 0.717) is 38.4 Å². The van der Waals surface area contributed by atoms with Gasteiger partial charge in [0.05, 0.1) is 12.3 Å². The van der Waals surface area contributed by atoms with Crippen LogP contribution in [0.2, 0.25) is 0 Å². The van der Waals surface area contributed by atoms with Crippen molar-refractivity contribution in [2.24, 2.45) is 11.8 Å². The van der Waals surface area contributed by atoms with Crippen LogP contribution < -0.4 is 10.6 Å². The molecule has 0 aromatic heterocycles. The van der Waals surface area contributed by atoms with E-state index < -0.39 is 0 Å². The van der Waals surface area contributed by atoms with Crippen LogP contribution in [0.3, 0.4) is 0 Å². The normalized spacial score (nSPS) is 19.8. The lowest BCUT2D eigenvalue weighted by Gasteiger charge is -2.16. The molecule has 0 unspecified atom stereocenters. The summed E-state index contributed by atoms with van der Waals surface area (Å²) < 4.78 is 0. The van der Waals surface area contributed by atoms with E-state index >= 15 is 0 Å². The second-order valence-corrected chi connectivity index (χ2v) is 6.95. The summed E-state index contributed by atoms with van der Waals surface area (Å²) in [6, 6.07) is 9.53. The molecule has 1 aliphatic carbocycles. The van der Waals surface area contributed by atoms with Crippen LogP contribution >= 0.6 is 0 Å². The molecule has 1 aliphatic heterocycles. The molecule has 134 valence electrons. The maximum Gasteiger partial charge on any atom is 0.225 e. The van der Waals surface area contributed by atoms with Crippen molar-refractivity contribution >= 4 is 17.7 Å². The lowest BCUT2D eigenvalue weighted by molar-refractivity contribution is -0.129. The zero-order chi connectivity index (χ0) is 17.6. The van der Waals surface area contributed by atoms with Crippen LogP contribution in [-0.4, -0.2) is 48.8 Å². The molecule has 6 nitrogen and oxygen atoms in total. The summed E-state index contributed by atoms with van der Waals surface area (Å²) in [6.07, 6.45) is 3.04. The van der Waals surface area contributed by atoms with Crippen molar-refractivity contribution in [1.82, 2.24) is 15.5 Å². The fourth-order valence-electron chi connectivity index (χ4n) is 3.11. The van der Waals surface area contributed by atoms with Crippen LogP contribution in [-0.2, 0) is 20.8 Å². The number of nitrogens with zero attached hydrogens (tertiary/aromatic N) is 1. The minimum absolute atomic E-state index is 0.0629. The van der Waals surface area contributed by atoms with E-state index in [0.717, 1.165) is 12.1 Å². The van der Waals surface area contributed by atoms with Crippen LogP contribution in [0.25, 0.3) is 0 Å². The average molecular weight is 343 g/mol. The van der Waals surface area contributed by atoms with E-state index in [1.807, 2.05) is 35.2 Å². The summed E-state index contributed by atoms with van der Waals surface area (Å²) >= 11 is 0. The van der Waals surface area contributed by atoms with E-state index in [1.165, 1.54) is 12.8 Å². The van der Waals surface area contributed by atoms with Crippen LogP contribution in [0.1, 0.15) is 24.8 Å². The largest absolute Gasteiger partial charge is 0.354 e. The number of nitrogens with one attached hydrogen (secondary N) is 2. The molecule has 2 fully saturated rings. The molecule has 0 radical (unpaired) electrons. The predicted octanol–water partition coefficient (Wildman–Crippen LogP) is 0.720. The first-order valence-electron chi connectivity index (χ1n) is 8.98. The SMILES string of the molecule is O=C(Cc1ccccc1)NCCNC(=O)[C@@H]1CC(=O)N(CC2CC2)C1. The third kappa shape index (κ3) is 5.31. The Hall–Kier alpha value is -2.37. The molecule has 3 amide bonds. The highest BCUT2D eigenvalue weighted by Crippen LogP contribution is 2.31. The highest BCUT2D eigenvalue weighted by atomic mass is 16.2. The van der Waals surface area contributed by atoms with Gasteiger partial charge in [-0.1, -0.05) is 30.3 Å². The number of carbonyl (C=O) groups is 3. The van der Waals surface area contributed by atoms with Crippen LogP contribution in [0.15, 0.2) is 30.3 Å². The van der Waals surface area contributed by atoms with Gasteiger partial charge in [-0.3, -0.25) is 14.4 Å². The fraction of sp³-hybridized carbons (Fsp3) is 0.526. The standard InChI is InChI=1S/C19H25N3O3/c23-17(10-14-4-2-1-3-5-14)20-8-9-21-19(25)16-11-18(24)22(13-16)12-15-6-7-15/h1-5,15-16H,6-13H2,(H,20,23)(H,21,25)/t16-/m1/s1. The van der Waals surface area contributed by atoms with E-state index in [-0.39, 0.29) is 23.6 Å². The topological polar surface area (TPSA) is 78.5 Å². The van der Waals surface area contributed by atoms with Gasteiger partial charge in [0.15, 0.2) is 0 Å². The van der Waals surface area contributed by atoms with Crippen molar-refractivity contribution in [2.45, 2.75) is 25.7 Å². The number of rotatable bonds is 8. The minimum atomic E-state index is -0.258. The molecule has 1 saturated carbocycles. The van der Waals surface area contributed by atoms with Crippen molar-refractivity contribution in [1.29, 1.82) is 0 Å². The number of likely N-dealkylation sites (tertiary alicyclic amines) is 1. The van der Waals surface area contributed by atoms with Gasteiger partial charge < -0.3 is 15.5 Å². The Morgan fingerprint density at radius 3 is 2.52 bits per heavy atom. The second-order valence-electron chi connectivity index (χ2n) is 6.95.